The first-order valence-electron chi connectivity index (χ1n) is 4.46. The van der Waals surface area contributed by atoms with Crippen molar-refractivity contribution < 1.29 is 4.94 Å². The summed E-state index contributed by atoms with van der Waals surface area (Å²) in [4.78, 5) is 4.90. The van der Waals surface area contributed by atoms with Crippen molar-refractivity contribution in [3.63, 3.8) is 0 Å². The van der Waals surface area contributed by atoms with E-state index < -0.39 is 0 Å². The predicted octanol–water partition coefficient (Wildman–Crippen LogP) is 2.04. The molecule has 0 aliphatic heterocycles. The summed E-state index contributed by atoms with van der Waals surface area (Å²) in [7, 11) is 1.72. The Bertz CT molecular complexity index is 274. The fourth-order valence-electron chi connectivity index (χ4n) is 1.22. The lowest BCUT2D eigenvalue weighted by Crippen LogP contribution is -2.14. The molecule has 72 valence electrons. The summed E-state index contributed by atoms with van der Waals surface area (Å²) in [5.41, 5.74) is 8.95. The van der Waals surface area contributed by atoms with Crippen LogP contribution in [0.2, 0.25) is 0 Å². The summed E-state index contributed by atoms with van der Waals surface area (Å²) >= 11 is 0. The minimum atomic E-state index is 0.997. The molecule has 1 rings (SSSR count). The Kier molecular flexibility index (Phi) is 3.73. The molecule has 3 heteroatoms. The fraction of sp³-hybridized carbons (Fsp3) is 0.400. The van der Waals surface area contributed by atoms with Gasteiger partial charge in [0.15, 0.2) is 0 Å². The molecule has 0 aromatic heterocycles. The number of benzene rings is 1. The van der Waals surface area contributed by atoms with Crippen LogP contribution in [-0.2, 0) is 11.4 Å². The summed E-state index contributed by atoms with van der Waals surface area (Å²) in [6.45, 7) is 4.21. The summed E-state index contributed by atoms with van der Waals surface area (Å²) in [6, 6.07) is 6.23. The van der Waals surface area contributed by atoms with Gasteiger partial charge in [-0.2, -0.15) is 10.4 Å². The molecular formula is C10H16N2O. The Morgan fingerprint density at radius 1 is 1.38 bits per heavy atom. The third kappa shape index (κ3) is 2.72. The van der Waals surface area contributed by atoms with Crippen molar-refractivity contribution >= 4 is 5.69 Å². The highest BCUT2D eigenvalue weighted by molar-refractivity contribution is 5.51. The van der Waals surface area contributed by atoms with E-state index in [1.54, 1.807) is 7.05 Å². The van der Waals surface area contributed by atoms with Gasteiger partial charge in [0.1, 0.15) is 0 Å². The first kappa shape index (κ1) is 10.0. The average Bonchev–Trinajstić information content (AvgIpc) is 2.16. The Hall–Kier alpha value is -1.06. The molecule has 0 spiro atoms. The highest BCUT2D eigenvalue weighted by atomic mass is 16.8. The van der Waals surface area contributed by atoms with Crippen molar-refractivity contribution in [2.45, 2.75) is 20.3 Å². The maximum atomic E-state index is 4.90. The topological polar surface area (TPSA) is 33.3 Å². The molecule has 0 amide bonds. The van der Waals surface area contributed by atoms with Crippen LogP contribution in [0.4, 0.5) is 5.69 Å². The van der Waals surface area contributed by atoms with Gasteiger partial charge in [-0.15, -0.1) is 0 Å². The van der Waals surface area contributed by atoms with Gasteiger partial charge >= 0.3 is 0 Å². The maximum Gasteiger partial charge on any atom is 0.0655 e. The van der Waals surface area contributed by atoms with E-state index in [-0.39, 0.29) is 0 Å². The van der Waals surface area contributed by atoms with E-state index in [1.807, 2.05) is 6.07 Å². The molecule has 1 aromatic carbocycles. The normalized spacial score (nSPS) is 10.1. The molecule has 0 atom stereocenters. The van der Waals surface area contributed by atoms with E-state index in [2.05, 4.69) is 36.9 Å². The van der Waals surface area contributed by atoms with E-state index in [1.165, 1.54) is 11.1 Å². The van der Waals surface area contributed by atoms with Crippen LogP contribution in [0.15, 0.2) is 18.2 Å². The highest BCUT2D eigenvalue weighted by Gasteiger charge is 1.99. The van der Waals surface area contributed by atoms with Crippen molar-refractivity contribution in [1.82, 2.24) is 5.48 Å². The first-order chi connectivity index (χ1) is 6.27. The second-order valence-corrected chi connectivity index (χ2v) is 2.92. The van der Waals surface area contributed by atoms with Crippen LogP contribution in [0.5, 0.6) is 0 Å². The van der Waals surface area contributed by atoms with E-state index in [0.29, 0.717) is 0 Å². The van der Waals surface area contributed by atoms with E-state index >= 15 is 0 Å². The fourth-order valence-corrected chi connectivity index (χ4v) is 1.22. The average molecular weight is 180 g/mol. The Morgan fingerprint density at radius 2 is 2.15 bits per heavy atom. The Balaban J connectivity index is 2.79. The molecule has 0 aliphatic carbocycles. The number of hydroxylamine groups is 1. The lowest BCUT2D eigenvalue weighted by Gasteiger charge is -2.10. The van der Waals surface area contributed by atoms with Gasteiger partial charge in [0.05, 0.1) is 5.69 Å². The molecule has 1 aromatic rings. The number of anilines is 1. The van der Waals surface area contributed by atoms with E-state index in [9.17, 15) is 0 Å². The quantitative estimate of drug-likeness (QED) is 0.696. The summed E-state index contributed by atoms with van der Waals surface area (Å²) in [5, 5.41) is 0. The van der Waals surface area contributed by atoms with Crippen molar-refractivity contribution in [1.29, 1.82) is 0 Å². The highest BCUT2D eigenvalue weighted by Crippen LogP contribution is 2.17. The molecule has 0 saturated heterocycles. The van der Waals surface area contributed by atoms with Gasteiger partial charge in [0.2, 0.25) is 0 Å². The first-order valence-corrected chi connectivity index (χ1v) is 4.46. The van der Waals surface area contributed by atoms with Crippen molar-refractivity contribution in [2.75, 3.05) is 12.5 Å². The minimum Gasteiger partial charge on any atom is -0.248 e. The molecule has 0 saturated carbocycles. The van der Waals surface area contributed by atoms with E-state index in [4.69, 9.17) is 4.94 Å². The lowest BCUT2D eigenvalue weighted by molar-refractivity contribution is 0.109. The molecule has 0 fully saturated rings. The number of rotatable bonds is 4. The van der Waals surface area contributed by atoms with Crippen LogP contribution in [0.3, 0.4) is 0 Å². The molecular weight excluding hydrogens is 164 g/mol. The molecule has 0 aliphatic rings. The number of aryl methyl sites for hydroxylation is 2. The van der Waals surface area contributed by atoms with Crippen LogP contribution < -0.4 is 11.0 Å². The van der Waals surface area contributed by atoms with Crippen LogP contribution in [0, 0.1) is 6.92 Å². The Labute approximate surface area is 79.0 Å². The zero-order chi connectivity index (χ0) is 9.68. The minimum absolute atomic E-state index is 0.997. The number of hydrogen-bond acceptors (Lipinski definition) is 3. The van der Waals surface area contributed by atoms with Gasteiger partial charge in [-0.25, -0.2) is 5.48 Å². The van der Waals surface area contributed by atoms with Gasteiger partial charge in [0, 0.05) is 7.05 Å². The smallest absolute Gasteiger partial charge is 0.0655 e. The third-order valence-corrected chi connectivity index (χ3v) is 1.90. The number of hydrogen-bond donors (Lipinski definition) is 2. The SMILES string of the molecule is CCc1cc(C)ccc1NONC. The van der Waals surface area contributed by atoms with Crippen molar-refractivity contribution in [2.24, 2.45) is 0 Å². The molecule has 0 unspecified atom stereocenters. The van der Waals surface area contributed by atoms with Gasteiger partial charge in [-0.1, -0.05) is 24.6 Å². The van der Waals surface area contributed by atoms with Gasteiger partial charge in [0.25, 0.3) is 0 Å². The third-order valence-electron chi connectivity index (χ3n) is 1.90. The largest absolute Gasteiger partial charge is 0.248 e. The monoisotopic (exact) mass is 180 g/mol. The zero-order valence-corrected chi connectivity index (χ0v) is 8.35. The number of nitrogens with one attached hydrogen (secondary N) is 2. The molecule has 0 radical (unpaired) electrons. The van der Waals surface area contributed by atoms with E-state index in [0.717, 1.165) is 12.1 Å². The van der Waals surface area contributed by atoms with Crippen LogP contribution in [0.1, 0.15) is 18.1 Å². The lowest BCUT2D eigenvalue weighted by atomic mass is 10.1. The molecule has 13 heavy (non-hydrogen) atoms. The second-order valence-electron chi connectivity index (χ2n) is 2.92. The van der Waals surface area contributed by atoms with Crippen LogP contribution in [-0.4, -0.2) is 7.05 Å². The van der Waals surface area contributed by atoms with Crippen LogP contribution in [0.25, 0.3) is 0 Å². The second kappa shape index (κ2) is 4.84. The summed E-state index contributed by atoms with van der Waals surface area (Å²) < 4.78 is 0. The van der Waals surface area contributed by atoms with Crippen molar-refractivity contribution in [3.8, 4) is 0 Å². The van der Waals surface area contributed by atoms with Gasteiger partial charge in [-0.05, 0) is 25.0 Å². The van der Waals surface area contributed by atoms with Crippen molar-refractivity contribution in [3.05, 3.63) is 29.3 Å². The Morgan fingerprint density at radius 3 is 2.77 bits per heavy atom. The summed E-state index contributed by atoms with van der Waals surface area (Å²) in [5.74, 6) is 0. The standard InChI is InChI=1S/C10H16N2O/c1-4-9-7-8(2)5-6-10(9)12-13-11-3/h5-7,11-12H,4H2,1-3H3. The molecule has 2 N–H and O–H groups in total. The molecule has 0 heterocycles. The zero-order valence-electron chi connectivity index (χ0n) is 8.35. The molecule has 3 nitrogen and oxygen atoms in total. The summed E-state index contributed by atoms with van der Waals surface area (Å²) in [6.07, 6.45) is 0.997. The van der Waals surface area contributed by atoms with Crippen LogP contribution >= 0.6 is 0 Å². The maximum absolute atomic E-state index is 4.90. The molecule has 0 bridgehead atoms. The van der Waals surface area contributed by atoms with Gasteiger partial charge < -0.3 is 0 Å². The predicted molar refractivity (Wildman–Crippen MR) is 54.3 cm³/mol. The van der Waals surface area contributed by atoms with Gasteiger partial charge in [-0.3, -0.25) is 0 Å².